The van der Waals surface area contributed by atoms with Crippen LogP contribution in [0.25, 0.3) is 0 Å². The van der Waals surface area contributed by atoms with Crippen LogP contribution in [-0.2, 0) is 14.2 Å². The van der Waals surface area contributed by atoms with Crippen molar-refractivity contribution in [2.24, 2.45) is 0 Å². The maximum Gasteiger partial charge on any atom is 0.123 e. The summed E-state index contributed by atoms with van der Waals surface area (Å²) in [4.78, 5) is 0. The average molecular weight is 298 g/mol. The Morgan fingerprint density at radius 2 is 1.48 bits per heavy atom. The van der Waals surface area contributed by atoms with Crippen molar-refractivity contribution in [3.8, 4) is 11.5 Å². The zero-order chi connectivity index (χ0) is 15.2. The van der Waals surface area contributed by atoms with Crippen molar-refractivity contribution in [1.29, 1.82) is 0 Å². The Balaban J connectivity index is 1.82. The molecule has 0 aliphatic heterocycles. The predicted molar refractivity (Wildman–Crippen MR) is 81.0 cm³/mol. The number of hydrogen-bond acceptors (Lipinski definition) is 5. The maximum atomic E-state index is 9.27. The number of phenols is 1. The number of aromatic hydroxyl groups is 1. The number of hydrogen-bond donors (Lipinski definition) is 1. The molecule has 1 rings (SSSR count). The lowest BCUT2D eigenvalue weighted by atomic mass is 10.3. The van der Waals surface area contributed by atoms with Crippen molar-refractivity contribution in [3.05, 3.63) is 24.3 Å². The third-order valence-corrected chi connectivity index (χ3v) is 2.70. The van der Waals surface area contributed by atoms with Crippen molar-refractivity contribution in [2.45, 2.75) is 19.8 Å². The molecule has 0 aromatic heterocycles. The van der Waals surface area contributed by atoms with E-state index >= 15 is 0 Å². The third kappa shape index (κ3) is 10.1. The summed E-state index contributed by atoms with van der Waals surface area (Å²) >= 11 is 0. The van der Waals surface area contributed by atoms with Crippen LogP contribution >= 0.6 is 0 Å². The van der Waals surface area contributed by atoms with E-state index in [1.807, 2.05) is 0 Å². The molecule has 5 heteroatoms. The number of phenolic OH excluding ortho intramolecular Hbond substituents is 1. The first-order chi connectivity index (χ1) is 10.3. The second-order valence-electron chi connectivity index (χ2n) is 4.54. The number of unbranched alkanes of at least 4 members (excludes halogenated alkanes) is 1. The summed E-state index contributed by atoms with van der Waals surface area (Å²) in [7, 11) is 0. The molecule has 1 aromatic rings. The zero-order valence-electron chi connectivity index (χ0n) is 12.8. The number of rotatable bonds is 13. The van der Waals surface area contributed by atoms with Crippen LogP contribution in [0.2, 0.25) is 0 Å². The lowest BCUT2D eigenvalue weighted by molar-refractivity contribution is 0.00894. The standard InChI is InChI=1S/C16H26O5/c1-2-3-7-18-8-9-19-10-11-20-12-13-21-16-6-4-5-15(17)14-16/h4-6,14,17H,2-3,7-13H2,1H3. The van der Waals surface area contributed by atoms with Gasteiger partial charge in [0.1, 0.15) is 18.1 Å². The Kier molecular flexibility index (Phi) is 10.5. The van der Waals surface area contributed by atoms with E-state index < -0.39 is 0 Å². The van der Waals surface area contributed by atoms with Gasteiger partial charge in [-0.25, -0.2) is 0 Å². The van der Waals surface area contributed by atoms with Crippen LogP contribution in [0.5, 0.6) is 11.5 Å². The van der Waals surface area contributed by atoms with Crippen molar-refractivity contribution < 1.29 is 24.1 Å². The van der Waals surface area contributed by atoms with Gasteiger partial charge in [0.05, 0.1) is 33.0 Å². The molecule has 1 N–H and O–H groups in total. The maximum absolute atomic E-state index is 9.27. The number of ether oxygens (including phenoxy) is 4. The molecule has 0 aliphatic carbocycles. The molecule has 0 saturated carbocycles. The lowest BCUT2D eigenvalue weighted by Gasteiger charge is -2.08. The van der Waals surface area contributed by atoms with Gasteiger partial charge in [-0.05, 0) is 18.6 Å². The van der Waals surface area contributed by atoms with Gasteiger partial charge in [0.2, 0.25) is 0 Å². The van der Waals surface area contributed by atoms with Gasteiger partial charge in [0.15, 0.2) is 0 Å². The molecule has 0 amide bonds. The summed E-state index contributed by atoms with van der Waals surface area (Å²) < 4.78 is 21.5. The third-order valence-electron chi connectivity index (χ3n) is 2.70. The van der Waals surface area contributed by atoms with Gasteiger partial charge in [-0.1, -0.05) is 19.4 Å². The first-order valence-corrected chi connectivity index (χ1v) is 7.48. The van der Waals surface area contributed by atoms with Crippen LogP contribution in [0.1, 0.15) is 19.8 Å². The Morgan fingerprint density at radius 1 is 0.857 bits per heavy atom. The largest absolute Gasteiger partial charge is 0.508 e. The van der Waals surface area contributed by atoms with Gasteiger partial charge in [-0.15, -0.1) is 0 Å². The summed E-state index contributed by atoms with van der Waals surface area (Å²) in [5.41, 5.74) is 0. The molecule has 0 bridgehead atoms. The van der Waals surface area contributed by atoms with Crippen LogP contribution in [0.4, 0.5) is 0 Å². The quantitative estimate of drug-likeness (QED) is 0.567. The fraction of sp³-hybridized carbons (Fsp3) is 0.625. The van der Waals surface area contributed by atoms with E-state index in [9.17, 15) is 5.11 Å². The first kappa shape index (κ1) is 17.8. The molecule has 21 heavy (non-hydrogen) atoms. The molecule has 0 atom stereocenters. The SMILES string of the molecule is CCCCOCCOCCOCCOc1cccc(O)c1. The van der Waals surface area contributed by atoms with Crippen LogP contribution in [0, 0.1) is 0 Å². The molecule has 0 spiro atoms. The van der Waals surface area contributed by atoms with Crippen LogP contribution in [0.3, 0.4) is 0 Å². The minimum absolute atomic E-state index is 0.197. The van der Waals surface area contributed by atoms with E-state index in [1.165, 1.54) is 0 Å². The summed E-state index contributed by atoms with van der Waals surface area (Å²) in [6, 6.07) is 6.71. The molecular weight excluding hydrogens is 272 g/mol. The van der Waals surface area contributed by atoms with Crippen LogP contribution in [0.15, 0.2) is 24.3 Å². The molecule has 0 fully saturated rings. The van der Waals surface area contributed by atoms with E-state index in [0.29, 0.717) is 45.4 Å². The molecule has 0 radical (unpaired) electrons. The van der Waals surface area contributed by atoms with Gasteiger partial charge >= 0.3 is 0 Å². The molecule has 1 aromatic carbocycles. The van der Waals surface area contributed by atoms with Crippen molar-refractivity contribution in [3.63, 3.8) is 0 Å². The smallest absolute Gasteiger partial charge is 0.123 e. The second-order valence-corrected chi connectivity index (χ2v) is 4.54. The molecule has 0 heterocycles. The van der Waals surface area contributed by atoms with Crippen LogP contribution < -0.4 is 4.74 Å². The molecule has 120 valence electrons. The minimum atomic E-state index is 0.197. The van der Waals surface area contributed by atoms with Gasteiger partial charge < -0.3 is 24.1 Å². The Hall–Kier alpha value is -1.30. The lowest BCUT2D eigenvalue weighted by Crippen LogP contribution is -2.12. The normalized spacial score (nSPS) is 10.7. The molecular formula is C16H26O5. The summed E-state index contributed by atoms with van der Waals surface area (Å²) in [5.74, 6) is 0.835. The summed E-state index contributed by atoms with van der Waals surface area (Å²) in [5, 5.41) is 9.27. The van der Waals surface area contributed by atoms with E-state index in [-0.39, 0.29) is 5.75 Å². The highest BCUT2D eigenvalue weighted by molar-refractivity contribution is 5.31. The van der Waals surface area contributed by atoms with E-state index in [0.717, 1.165) is 19.4 Å². The zero-order valence-corrected chi connectivity index (χ0v) is 12.8. The van der Waals surface area contributed by atoms with Crippen molar-refractivity contribution >= 4 is 0 Å². The Morgan fingerprint density at radius 3 is 2.10 bits per heavy atom. The summed E-state index contributed by atoms with van der Waals surface area (Å²) in [6.07, 6.45) is 2.25. The highest BCUT2D eigenvalue weighted by Gasteiger charge is 1.96. The van der Waals surface area contributed by atoms with Crippen molar-refractivity contribution in [2.75, 3.05) is 46.2 Å². The highest BCUT2D eigenvalue weighted by atomic mass is 16.6. The fourth-order valence-corrected chi connectivity index (χ4v) is 1.58. The van der Waals surface area contributed by atoms with E-state index in [4.69, 9.17) is 18.9 Å². The van der Waals surface area contributed by atoms with Crippen LogP contribution in [-0.4, -0.2) is 51.4 Å². The van der Waals surface area contributed by atoms with Gasteiger partial charge in [0.25, 0.3) is 0 Å². The molecule has 0 saturated heterocycles. The van der Waals surface area contributed by atoms with Gasteiger partial charge in [0, 0.05) is 12.7 Å². The molecule has 0 unspecified atom stereocenters. The van der Waals surface area contributed by atoms with Gasteiger partial charge in [-0.2, -0.15) is 0 Å². The highest BCUT2D eigenvalue weighted by Crippen LogP contribution is 2.17. The first-order valence-electron chi connectivity index (χ1n) is 7.48. The average Bonchev–Trinajstić information content (AvgIpc) is 2.48. The van der Waals surface area contributed by atoms with Crippen molar-refractivity contribution in [1.82, 2.24) is 0 Å². The topological polar surface area (TPSA) is 57.2 Å². The van der Waals surface area contributed by atoms with E-state index in [1.54, 1.807) is 24.3 Å². The monoisotopic (exact) mass is 298 g/mol. The van der Waals surface area contributed by atoms with Gasteiger partial charge in [-0.3, -0.25) is 0 Å². The number of benzene rings is 1. The molecule has 0 aliphatic rings. The Labute approximate surface area is 126 Å². The Bertz CT molecular complexity index is 356. The predicted octanol–water partition coefficient (Wildman–Crippen LogP) is 2.62. The molecule has 5 nitrogen and oxygen atoms in total. The van der Waals surface area contributed by atoms with E-state index in [2.05, 4.69) is 6.92 Å². The summed E-state index contributed by atoms with van der Waals surface area (Å²) in [6.45, 7) is 6.23. The fourth-order valence-electron chi connectivity index (χ4n) is 1.58. The second kappa shape index (κ2) is 12.4. The minimum Gasteiger partial charge on any atom is -0.508 e.